The van der Waals surface area contributed by atoms with Gasteiger partial charge in [-0.15, -0.1) is 0 Å². The zero-order valence-corrected chi connectivity index (χ0v) is 12.3. The monoisotopic (exact) mass is 270 g/mol. The average Bonchev–Trinajstić information content (AvgIpc) is 2.84. The standard InChI is InChI=1S/C16H22N4/c1-13-3-5-14(6-4-13)11-15-16(12-18-19(15)2)20-9-7-17-8-10-20/h3-6,12,17H,7-11H2,1-2H3. The summed E-state index contributed by atoms with van der Waals surface area (Å²) in [5.74, 6) is 0. The van der Waals surface area contributed by atoms with Crippen LogP contribution in [0.15, 0.2) is 30.5 Å². The van der Waals surface area contributed by atoms with Crippen molar-refractivity contribution in [2.75, 3.05) is 31.1 Å². The van der Waals surface area contributed by atoms with Gasteiger partial charge in [0.05, 0.1) is 17.6 Å². The van der Waals surface area contributed by atoms with Crippen LogP contribution in [0.2, 0.25) is 0 Å². The normalized spacial score (nSPS) is 15.6. The molecule has 2 aromatic rings. The van der Waals surface area contributed by atoms with Crippen LogP contribution < -0.4 is 10.2 Å². The van der Waals surface area contributed by atoms with E-state index < -0.39 is 0 Å². The molecule has 4 heteroatoms. The lowest BCUT2D eigenvalue weighted by Crippen LogP contribution is -2.43. The van der Waals surface area contributed by atoms with Crippen molar-refractivity contribution in [2.24, 2.45) is 7.05 Å². The van der Waals surface area contributed by atoms with E-state index in [1.54, 1.807) is 0 Å². The number of aromatic nitrogens is 2. The van der Waals surface area contributed by atoms with E-state index in [2.05, 4.69) is 46.5 Å². The topological polar surface area (TPSA) is 33.1 Å². The summed E-state index contributed by atoms with van der Waals surface area (Å²) in [7, 11) is 2.04. The molecule has 2 heterocycles. The first kappa shape index (κ1) is 13.2. The largest absolute Gasteiger partial charge is 0.366 e. The molecular formula is C16H22N4. The predicted molar refractivity (Wildman–Crippen MR) is 82.3 cm³/mol. The third-order valence-electron chi connectivity index (χ3n) is 3.99. The molecule has 0 unspecified atom stereocenters. The first-order valence-corrected chi connectivity index (χ1v) is 7.26. The van der Waals surface area contributed by atoms with Crippen molar-refractivity contribution < 1.29 is 0 Å². The maximum absolute atomic E-state index is 4.46. The van der Waals surface area contributed by atoms with Gasteiger partial charge in [-0.25, -0.2) is 0 Å². The van der Waals surface area contributed by atoms with Gasteiger partial charge < -0.3 is 10.2 Å². The molecule has 1 aromatic heterocycles. The summed E-state index contributed by atoms with van der Waals surface area (Å²) in [5, 5.41) is 7.86. The van der Waals surface area contributed by atoms with Crippen molar-refractivity contribution in [3.05, 3.63) is 47.3 Å². The smallest absolute Gasteiger partial charge is 0.0789 e. The number of nitrogens with zero attached hydrogens (tertiary/aromatic N) is 3. The fourth-order valence-corrected chi connectivity index (χ4v) is 2.73. The van der Waals surface area contributed by atoms with E-state index in [-0.39, 0.29) is 0 Å². The molecule has 0 amide bonds. The van der Waals surface area contributed by atoms with E-state index in [1.165, 1.54) is 22.5 Å². The zero-order valence-electron chi connectivity index (χ0n) is 12.3. The Kier molecular flexibility index (Phi) is 3.74. The summed E-state index contributed by atoms with van der Waals surface area (Å²) in [5.41, 5.74) is 5.24. The van der Waals surface area contributed by atoms with Crippen LogP contribution in [0.3, 0.4) is 0 Å². The molecule has 0 saturated carbocycles. The molecule has 1 aliphatic heterocycles. The van der Waals surface area contributed by atoms with E-state index in [0.717, 1.165) is 32.6 Å². The van der Waals surface area contributed by atoms with Crippen LogP contribution >= 0.6 is 0 Å². The Morgan fingerprint density at radius 3 is 2.55 bits per heavy atom. The number of rotatable bonds is 3. The highest BCUT2D eigenvalue weighted by molar-refractivity contribution is 5.51. The average molecular weight is 270 g/mol. The summed E-state index contributed by atoms with van der Waals surface area (Å²) in [4.78, 5) is 2.44. The van der Waals surface area contributed by atoms with E-state index >= 15 is 0 Å². The molecule has 0 atom stereocenters. The molecule has 4 nitrogen and oxygen atoms in total. The molecule has 1 N–H and O–H groups in total. The van der Waals surface area contributed by atoms with Crippen molar-refractivity contribution in [3.8, 4) is 0 Å². The summed E-state index contributed by atoms with van der Waals surface area (Å²) in [6, 6.07) is 8.78. The molecule has 1 aliphatic rings. The van der Waals surface area contributed by atoms with Gasteiger partial charge in [0.2, 0.25) is 0 Å². The van der Waals surface area contributed by atoms with E-state index in [9.17, 15) is 0 Å². The Bertz CT molecular complexity index is 565. The lowest BCUT2D eigenvalue weighted by atomic mass is 10.1. The minimum atomic E-state index is 0.941. The first-order chi connectivity index (χ1) is 9.74. The minimum absolute atomic E-state index is 0.941. The molecule has 0 bridgehead atoms. The summed E-state index contributed by atoms with van der Waals surface area (Å²) in [6.07, 6.45) is 2.95. The van der Waals surface area contributed by atoms with Gasteiger partial charge in [0, 0.05) is 39.6 Å². The second kappa shape index (κ2) is 5.67. The Balaban J connectivity index is 1.84. The zero-order chi connectivity index (χ0) is 13.9. The van der Waals surface area contributed by atoms with E-state index in [0.29, 0.717) is 0 Å². The van der Waals surface area contributed by atoms with Crippen LogP contribution in [0.1, 0.15) is 16.8 Å². The van der Waals surface area contributed by atoms with Gasteiger partial charge >= 0.3 is 0 Å². The fourth-order valence-electron chi connectivity index (χ4n) is 2.73. The van der Waals surface area contributed by atoms with Crippen LogP contribution in [-0.2, 0) is 13.5 Å². The third-order valence-corrected chi connectivity index (χ3v) is 3.99. The second-order valence-corrected chi connectivity index (χ2v) is 5.50. The molecule has 0 spiro atoms. The van der Waals surface area contributed by atoms with Crippen LogP contribution in [0.5, 0.6) is 0 Å². The summed E-state index contributed by atoms with van der Waals surface area (Å²) >= 11 is 0. The van der Waals surface area contributed by atoms with Crippen molar-refractivity contribution in [1.29, 1.82) is 0 Å². The maximum atomic E-state index is 4.46. The van der Waals surface area contributed by atoms with Crippen LogP contribution in [0, 0.1) is 6.92 Å². The summed E-state index contributed by atoms with van der Waals surface area (Å²) < 4.78 is 2.01. The van der Waals surface area contributed by atoms with E-state index in [4.69, 9.17) is 0 Å². The van der Waals surface area contributed by atoms with Crippen molar-refractivity contribution in [2.45, 2.75) is 13.3 Å². The van der Waals surface area contributed by atoms with Crippen LogP contribution in [-0.4, -0.2) is 36.0 Å². The summed E-state index contributed by atoms with van der Waals surface area (Å²) in [6.45, 7) is 6.36. The molecule has 1 saturated heterocycles. The SMILES string of the molecule is Cc1ccc(Cc2c(N3CCNCC3)cnn2C)cc1. The van der Waals surface area contributed by atoms with E-state index in [1.807, 2.05) is 17.9 Å². The second-order valence-electron chi connectivity index (χ2n) is 5.50. The quantitative estimate of drug-likeness (QED) is 0.922. The maximum Gasteiger partial charge on any atom is 0.0789 e. The van der Waals surface area contributed by atoms with Gasteiger partial charge in [-0.1, -0.05) is 29.8 Å². The lowest BCUT2D eigenvalue weighted by molar-refractivity contribution is 0.587. The van der Waals surface area contributed by atoms with Crippen LogP contribution in [0.4, 0.5) is 5.69 Å². The number of aryl methyl sites for hydroxylation is 2. The first-order valence-electron chi connectivity index (χ1n) is 7.26. The molecule has 20 heavy (non-hydrogen) atoms. The van der Waals surface area contributed by atoms with Crippen molar-refractivity contribution >= 4 is 5.69 Å². The number of hydrogen-bond donors (Lipinski definition) is 1. The Morgan fingerprint density at radius 2 is 1.85 bits per heavy atom. The van der Waals surface area contributed by atoms with Crippen LogP contribution in [0.25, 0.3) is 0 Å². The molecule has 0 aliphatic carbocycles. The van der Waals surface area contributed by atoms with Gasteiger partial charge in [-0.2, -0.15) is 5.10 Å². The lowest BCUT2D eigenvalue weighted by Gasteiger charge is -2.29. The Morgan fingerprint density at radius 1 is 1.15 bits per heavy atom. The minimum Gasteiger partial charge on any atom is -0.366 e. The number of anilines is 1. The van der Waals surface area contributed by atoms with Crippen molar-refractivity contribution in [3.63, 3.8) is 0 Å². The molecule has 3 rings (SSSR count). The predicted octanol–water partition coefficient (Wildman–Crippen LogP) is 1.73. The Labute approximate surface area is 120 Å². The molecule has 0 radical (unpaired) electrons. The molecule has 1 aromatic carbocycles. The molecular weight excluding hydrogens is 248 g/mol. The van der Waals surface area contributed by atoms with Gasteiger partial charge in [-0.3, -0.25) is 4.68 Å². The Hall–Kier alpha value is -1.81. The van der Waals surface area contributed by atoms with Gasteiger partial charge in [0.15, 0.2) is 0 Å². The molecule has 106 valence electrons. The highest BCUT2D eigenvalue weighted by Gasteiger charge is 2.17. The molecule has 1 fully saturated rings. The highest BCUT2D eigenvalue weighted by atomic mass is 15.3. The number of benzene rings is 1. The number of hydrogen-bond acceptors (Lipinski definition) is 3. The highest BCUT2D eigenvalue weighted by Crippen LogP contribution is 2.23. The van der Waals surface area contributed by atoms with Gasteiger partial charge in [0.25, 0.3) is 0 Å². The number of nitrogens with one attached hydrogen (secondary N) is 1. The number of piperazine rings is 1. The van der Waals surface area contributed by atoms with Gasteiger partial charge in [0.1, 0.15) is 0 Å². The third kappa shape index (κ3) is 2.70. The van der Waals surface area contributed by atoms with Gasteiger partial charge in [-0.05, 0) is 12.5 Å². The fraction of sp³-hybridized carbons (Fsp3) is 0.438. The van der Waals surface area contributed by atoms with Crippen molar-refractivity contribution in [1.82, 2.24) is 15.1 Å².